The van der Waals surface area contributed by atoms with E-state index in [-0.39, 0.29) is 5.91 Å². The van der Waals surface area contributed by atoms with Crippen LogP contribution in [0.1, 0.15) is 12.8 Å². The quantitative estimate of drug-likeness (QED) is 0.546. The van der Waals surface area contributed by atoms with Crippen LogP contribution in [0, 0.1) is 0 Å². The zero-order valence-corrected chi connectivity index (χ0v) is 11.7. The average Bonchev–Trinajstić information content (AvgIpc) is 2.42. The number of para-hydroxylation sites is 2. The maximum Gasteiger partial charge on any atom is 0.221 e. The van der Waals surface area contributed by atoms with Crippen molar-refractivity contribution in [1.29, 1.82) is 0 Å². The predicted molar refractivity (Wildman–Crippen MR) is 77.1 cm³/mol. The summed E-state index contributed by atoms with van der Waals surface area (Å²) in [6.07, 6.45) is 1.43. The number of ether oxygens (including phenoxy) is 1. The lowest BCUT2D eigenvalue weighted by molar-refractivity contribution is -0.120. The number of nitrogens with one attached hydrogen (secondary N) is 1. The standard InChI is InChI=1S/C14H23N3O2/c1-16-14(18)8-10-17(2)9-5-11-19-13-7-4-3-6-12(13)15/h3-4,6-7H,5,8-11,15H2,1-2H3,(H,16,18). The van der Waals surface area contributed by atoms with Crippen LogP contribution in [-0.2, 0) is 4.79 Å². The molecule has 1 aromatic rings. The average molecular weight is 265 g/mol. The molecule has 0 aliphatic carbocycles. The second-order valence-corrected chi connectivity index (χ2v) is 4.47. The first-order valence-electron chi connectivity index (χ1n) is 6.50. The van der Waals surface area contributed by atoms with Crippen LogP contribution >= 0.6 is 0 Å². The number of nitrogens with zero attached hydrogens (tertiary/aromatic N) is 1. The van der Waals surface area contributed by atoms with E-state index in [1.54, 1.807) is 7.05 Å². The Labute approximate surface area is 114 Å². The van der Waals surface area contributed by atoms with Crippen molar-refractivity contribution >= 4 is 11.6 Å². The molecule has 5 heteroatoms. The smallest absolute Gasteiger partial charge is 0.221 e. The van der Waals surface area contributed by atoms with Crippen molar-refractivity contribution in [2.45, 2.75) is 12.8 Å². The van der Waals surface area contributed by atoms with E-state index in [1.165, 1.54) is 0 Å². The van der Waals surface area contributed by atoms with E-state index in [0.717, 1.165) is 25.3 Å². The first kappa shape index (κ1) is 15.3. The van der Waals surface area contributed by atoms with Crippen molar-refractivity contribution in [1.82, 2.24) is 10.2 Å². The van der Waals surface area contributed by atoms with Gasteiger partial charge in [0, 0.05) is 26.6 Å². The van der Waals surface area contributed by atoms with Crippen LogP contribution in [0.4, 0.5) is 5.69 Å². The van der Waals surface area contributed by atoms with Crippen molar-refractivity contribution in [2.75, 3.05) is 39.5 Å². The molecule has 19 heavy (non-hydrogen) atoms. The molecule has 5 nitrogen and oxygen atoms in total. The third kappa shape index (κ3) is 6.10. The second-order valence-electron chi connectivity index (χ2n) is 4.47. The van der Waals surface area contributed by atoms with Crippen LogP contribution in [0.2, 0.25) is 0 Å². The van der Waals surface area contributed by atoms with Gasteiger partial charge in [-0.1, -0.05) is 12.1 Å². The van der Waals surface area contributed by atoms with Crippen molar-refractivity contribution in [3.8, 4) is 5.75 Å². The number of anilines is 1. The Bertz CT molecular complexity index is 396. The predicted octanol–water partition coefficient (Wildman–Crippen LogP) is 1.11. The summed E-state index contributed by atoms with van der Waals surface area (Å²) in [6.45, 7) is 2.27. The molecule has 0 bridgehead atoms. The lowest BCUT2D eigenvalue weighted by atomic mass is 10.3. The number of carbonyl (C=O) groups is 1. The number of amides is 1. The maximum absolute atomic E-state index is 11.1. The molecular weight excluding hydrogens is 242 g/mol. The summed E-state index contributed by atoms with van der Waals surface area (Å²) < 4.78 is 5.60. The van der Waals surface area contributed by atoms with Gasteiger partial charge in [0.2, 0.25) is 5.91 Å². The fourth-order valence-corrected chi connectivity index (χ4v) is 1.66. The van der Waals surface area contributed by atoms with E-state index < -0.39 is 0 Å². The first-order valence-corrected chi connectivity index (χ1v) is 6.50. The largest absolute Gasteiger partial charge is 0.491 e. The van der Waals surface area contributed by atoms with Gasteiger partial charge < -0.3 is 20.7 Å². The Morgan fingerprint density at radius 3 is 2.79 bits per heavy atom. The number of benzene rings is 1. The molecule has 0 aromatic heterocycles. The summed E-state index contributed by atoms with van der Waals surface area (Å²) in [5, 5.41) is 2.61. The molecule has 0 radical (unpaired) electrons. The van der Waals surface area contributed by atoms with E-state index in [4.69, 9.17) is 10.5 Å². The molecule has 0 saturated carbocycles. The van der Waals surface area contributed by atoms with E-state index in [0.29, 0.717) is 18.7 Å². The molecule has 0 spiro atoms. The highest BCUT2D eigenvalue weighted by atomic mass is 16.5. The molecule has 0 heterocycles. The Balaban J connectivity index is 2.14. The summed E-state index contributed by atoms with van der Waals surface area (Å²) >= 11 is 0. The van der Waals surface area contributed by atoms with Crippen molar-refractivity contribution in [2.24, 2.45) is 0 Å². The number of carbonyl (C=O) groups excluding carboxylic acids is 1. The summed E-state index contributed by atoms with van der Waals surface area (Å²) in [7, 11) is 3.65. The fraction of sp³-hybridized carbons (Fsp3) is 0.500. The Morgan fingerprint density at radius 2 is 2.11 bits per heavy atom. The molecule has 3 N–H and O–H groups in total. The van der Waals surface area contributed by atoms with Gasteiger partial charge in [0.15, 0.2) is 0 Å². The van der Waals surface area contributed by atoms with Crippen LogP contribution in [0.15, 0.2) is 24.3 Å². The van der Waals surface area contributed by atoms with Gasteiger partial charge in [-0.05, 0) is 25.6 Å². The third-order valence-corrected chi connectivity index (χ3v) is 2.86. The summed E-state index contributed by atoms with van der Waals surface area (Å²) in [4.78, 5) is 13.2. The number of hydrogen-bond donors (Lipinski definition) is 2. The monoisotopic (exact) mass is 265 g/mol. The van der Waals surface area contributed by atoms with Gasteiger partial charge >= 0.3 is 0 Å². The Kier molecular flexibility index (Phi) is 6.74. The van der Waals surface area contributed by atoms with Crippen LogP contribution in [-0.4, -0.2) is 44.6 Å². The maximum atomic E-state index is 11.1. The van der Waals surface area contributed by atoms with Crippen LogP contribution in [0.3, 0.4) is 0 Å². The van der Waals surface area contributed by atoms with Crippen LogP contribution in [0.25, 0.3) is 0 Å². The molecular formula is C14H23N3O2. The molecule has 0 aliphatic heterocycles. The van der Waals surface area contributed by atoms with Crippen LogP contribution in [0.5, 0.6) is 5.75 Å². The zero-order valence-electron chi connectivity index (χ0n) is 11.7. The minimum Gasteiger partial charge on any atom is -0.491 e. The van der Waals surface area contributed by atoms with Crippen molar-refractivity contribution in [3.05, 3.63) is 24.3 Å². The third-order valence-electron chi connectivity index (χ3n) is 2.86. The number of nitrogens with two attached hydrogens (primary N) is 1. The second kappa shape index (κ2) is 8.37. The van der Waals surface area contributed by atoms with Gasteiger partial charge in [0.1, 0.15) is 5.75 Å². The topological polar surface area (TPSA) is 67.6 Å². The highest BCUT2D eigenvalue weighted by molar-refractivity contribution is 5.75. The molecule has 106 valence electrons. The minimum absolute atomic E-state index is 0.0696. The molecule has 1 aromatic carbocycles. The Hall–Kier alpha value is -1.75. The SMILES string of the molecule is CNC(=O)CCN(C)CCCOc1ccccc1N. The number of hydrogen-bond acceptors (Lipinski definition) is 4. The van der Waals surface area contributed by atoms with Gasteiger partial charge in [0.25, 0.3) is 0 Å². The van der Waals surface area contributed by atoms with E-state index in [2.05, 4.69) is 10.2 Å². The minimum atomic E-state index is 0.0696. The summed E-state index contributed by atoms with van der Waals surface area (Å²) in [5.41, 5.74) is 6.44. The van der Waals surface area contributed by atoms with Crippen LogP contribution < -0.4 is 15.8 Å². The molecule has 1 rings (SSSR count). The molecule has 0 aliphatic rings. The highest BCUT2D eigenvalue weighted by Gasteiger charge is 2.03. The lowest BCUT2D eigenvalue weighted by Crippen LogP contribution is -2.27. The molecule has 0 unspecified atom stereocenters. The van der Waals surface area contributed by atoms with Crippen molar-refractivity contribution < 1.29 is 9.53 Å². The number of nitrogen functional groups attached to an aromatic ring is 1. The van der Waals surface area contributed by atoms with E-state index in [9.17, 15) is 4.79 Å². The fourth-order valence-electron chi connectivity index (χ4n) is 1.66. The molecule has 0 fully saturated rings. The van der Waals surface area contributed by atoms with Crippen molar-refractivity contribution in [3.63, 3.8) is 0 Å². The molecule has 1 amide bonds. The van der Waals surface area contributed by atoms with Gasteiger partial charge in [-0.3, -0.25) is 4.79 Å². The van der Waals surface area contributed by atoms with Gasteiger partial charge in [-0.2, -0.15) is 0 Å². The summed E-state index contributed by atoms with van der Waals surface area (Å²) in [6, 6.07) is 7.48. The van der Waals surface area contributed by atoms with E-state index in [1.807, 2.05) is 31.3 Å². The molecule has 0 saturated heterocycles. The highest BCUT2D eigenvalue weighted by Crippen LogP contribution is 2.19. The first-order chi connectivity index (χ1) is 9.13. The zero-order chi connectivity index (χ0) is 14.1. The number of rotatable bonds is 8. The summed E-state index contributed by atoms with van der Waals surface area (Å²) in [5.74, 6) is 0.802. The Morgan fingerprint density at radius 1 is 1.37 bits per heavy atom. The van der Waals surface area contributed by atoms with Gasteiger partial charge in [0.05, 0.1) is 12.3 Å². The normalized spacial score (nSPS) is 10.5. The van der Waals surface area contributed by atoms with Gasteiger partial charge in [-0.15, -0.1) is 0 Å². The van der Waals surface area contributed by atoms with E-state index >= 15 is 0 Å². The molecule has 0 atom stereocenters. The van der Waals surface area contributed by atoms with Gasteiger partial charge in [-0.25, -0.2) is 0 Å². The lowest BCUT2D eigenvalue weighted by Gasteiger charge is -2.16.